The molecule has 0 unspecified atom stereocenters. The molecule has 0 bridgehead atoms. The molecule has 1 fully saturated rings. The predicted molar refractivity (Wildman–Crippen MR) is 151 cm³/mol. The predicted octanol–water partition coefficient (Wildman–Crippen LogP) is 4.52. The summed E-state index contributed by atoms with van der Waals surface area (Å²) in [6.07, 6.45) is 4.83. The molecule has 9 nitrogen and oxygen atoms in total. The van der Waals surface area contributed by atoms with Gasteiger partial charge in [0.2, 0.25) is 0 Å². The van der Waals surface area contributed by atoms with Crippen LogP contribution in [0.1, 0.15) is 15.9 Å². The number of anilines is 1. The van der Waals surface area contributed by atoms with E-state index >= 15 is 0 Å². The van der Waals surface area contributed by atoms with E-state index in [0.29, 0.717) is 47.7 Å². The molecule has 2 aromatic carbocycles. The van der Waals surface area contributed by atoms with Crippen molar-refractivity contribution in [1.29, 1.82) is 0 Å². The highest BCUT2D eigenvalue weighted by Crippen LogP contribution is 2.30. The van der Waals surface area contributed by atoms with Crippen LogP contribution in [0, 0.1) is 0 Å². The van der Waals surface area contributed by atoms with Gasteiger partial charge in [-0.3, -0.25) is 19.5 Å². The molecule has 39 heavy (non-hydrogen) atoms. The van der Waals surface area contributed by atoms with Crippen molar-refractivity contribution in [1.82, 2.24) is 19.8 Å². The van der Waals surface area contributed by atoms with Gasteiger partial charge in [-0.25, -0.2) is 8.42 Å². The van der Waals surface area contributed by atoms with Crippen molar-refractivity contribution >= 4 is 49.8 Å². The second-order valence-corrected chi connectivity index (χ2v) is 11.1. The lowest BCUT2D eigenvalue weighted by Gasteiger charge is -2.37. The number of hydrogen-bond donors (Lipinski definition) is 1. The van der Waals surface area contributed by atoms with E-state index in [4.69, 9.17) is 16.3 Å². The minimum atomic E-state index is -3.98. The third-order valence-electron chi connectivity index (χ3n) is 6.56. The maximum Gasteiger partial charge on any atom is 0.264 e. The molecular formula is C28H26ClN5O4S. The normalized spacial score (nSPS) is 13.8. The van der Waals surface area contributed by atoms with Crippen LogP contribution >= 0.6 is 11.6 Å². The van der Waals surface area contributed by atoms with Gasteiger partial charge in [0.25, 0.3) is 15.9 Å². The number of aromatic nitrogens is 2. The summed E-state index contributed by atoms with van der Waals surface area (Å²) in [7, 11) is -2.55. The summed E-state index contributed by atoms with van der Waals surface area (Å²) in [6, 6.07) is 15.0. The molecule has 200 valence electrons. The number of para-hydroxylation sites is 1. The second kappa shape index (κ2) is 10.9. The Morgan fingerprint density at radius 2 is 1.74 bits per heavy atom. The quantitative estimate of drug-likeness (QED) is 0.352. The number of nitrogens with one attached hydrogen (secondary N) is 1. The van der Waals surface area contributed by atoms with Gasteiger partial charge < -0.3 is 14.5 Å². The Kier molecular flexibility index (Phi) is 7.40. The van der Waals surface area contributed by atoms with Gasteiger partial charge in [0, 0.05) is 67.0 Å². The number of nitrogens with zero attached hydrogens (tertiary/aromatic N) is 4. The van der Waals surface area contributed by atoms with Crippen molar-refractivity contribution in [2.75, 3.05) is 38.0 Å². The number of piperazine rings is 1. The topological polar surface area (TPSA) is 105 Å². The average molecular weight is 564 g/mol. The minimum Gasteiger partial charge on any atom is -0.495 e. The van der Waals surface area contributed by atoms with Crippen LogP contribution in [-0.4, -0.2) is 67.4 Å². The van der Waals surface area contributed by atoms with E-state index in [-0.39, 0.29) is 22.2 Å². The van der Waals surface area contributed by atoms with Gasteiger partial charge in [-0.15, -0.1) is 0 Å². The number of fused-ring (bicyclic) bond motifs is 1. The van der Waals surface area contributed by atoms with Crippen molar-refractivity contribution in [3.8, 4) is 5.75 Å². The number of amides is 1. The molecule has 3 heterocycles. The number of ether oxygens (including phenoxy) is 1. The molecule has 1 aliphatic rings. The molecule has 11 heteroatoms. The van der Waals surface area contributed by atoms with Gasteiger partial charge in [0.05, 0.1) is 23.3 Å². The first-order valence-corrected chi connectivity index (χ1v) is 14.0. The molecule has 5 rings (SSSR count). The Labute approximate surface area is 231 Å². The first kappa shape index (κ1) is 26.5. The minimum absolute atomic E-state index is 0.0517. The number of sulfonamides is 1. The molecule has 4 aromatic rings. The van der Waals surface area contributed by atoms with Crippen molar-refractivity contribution < 1.29 is 17.9 Å². The van der Waals surface area contributed by atoms with Gasteiger partial charge in [0.1, 0.15) is 10.6 Å². The van der Waals surface area contributed by atoms with Crippen LogP contribution in [0.3, 0.4) is 0 Å². The number of rotatable bonds is 7. The number of hydrogen-bond acceptors (Lipinski definition) is 7. The van der Waals surface area contributed by atoms with Crippen LogP contribution in [0.2, 0.25) is 5.02 Å². The zero-order chi connectivity index (χ0) is 27.6. The maximum atomic E-state index is 13.3. The van der Waals surface area contributed by atoms with E-state index in [0.717, 1.165) is 11.3 Å². The molecule has 1 saturated heterocycles. The number of pyridine rings is 2. The Balaban J connectivity index is 1.29. The fraction of sp³-hybridized carbons (Fsp3) is 0.179. The van der Waals surface area contributed by atoms with Gasteiger partial charge in [-0.05, 0) is 36.4 Å². The van der Waals surface area contributed by atoms with E-state index in [1.54, 1.807) is 59.9 Å². The molecule has 0 atom stereocenters. The molecule has 0 radical (unpaired) electrons. The van der Waals surface area contributed by atoms with E-state index in [1.165, 1.54) is 19.2 Å². The number of methoxy groups -OCH3 is 1. The summed E-state index contributed by atoms with van der Waals surface area (Å²) in [5.41, 5.74) is 2.62. The lowest BCUT2D eigenvalue weighted by atomic mass is 10.1. The summed E-state index contributed by atoms with van der Waals surface area (Å²) in [6.45, 7) is 6.36. The van der Waals surface area contributed by atoms with Crippen molar-refractivity contribution in [3.63, 3.8) is 0 Å². The number of benzene rings is 2. The summed E-state index contributed by atoms with van der Waals surface area (Å²) >= 11 is 6.06. The zero-order valence-corrected chi connectivity index (χ0v) is 22.7. The van der Waals surface area contributed by atoms with Crippen molar-refractivity contribution in [2.24, 2.45) is 0 Å². The second-order valence-electron chi connectivity index (χ2n) is 8.97. The zero-order valence-electron chi connectivity index (χ0n) is 21.2. The van der Waals surface area contributed by atoms with E-state index in [1.807, 2.05) is 6.07 Å². The largest absolute Gasteiger partial charge is 0.495 e. The Morgan fingerprint density at radius 3 is 2.49 bits per heavy atom. The van der Waals surface area contributed by atoms with Crippen LogP contribution in [0.4, 0.5) is 5.69 Å². The fourth-order valence-electron chi connectivity index (χ4n) is 4.52. The number of carbonyl (C=O) groups excluding carboxylic acids is 1. The summed E-state index contributed by atoms with van der Waals surface area (Å²) in [5, 5.41) is 1.25. The summed E-state index contributed by atoms with van der Waals surface area (Å²) in [5.74, 6) is 0.0636. The maximum absolute atomic E-state index is 13.3. The van der Waals surface area contributed by atoms with E-state index in [9.17, 15) is 13.2 Å². The van der Waals surface area contributed by atoms with E-state index in [2.05, 4.69) is 26.2 Å². The smallest absolute Gasteiger partial charge is 0.264 e. The van der Waals surface area contributed by atoms with Crippen molar-refractivity contribution in [2.45, 2.75) is 4.90 Å². The van der Waals surface area contributed by atoms with Crippen molar-refractivity contribution in [3.05, 3.63) is 95.9 Å². The average Bonchev–Trinajstić information content (AvgIpc) is 2.96. The summed E-state index contributed by atoms with van der Waals surface area (Å²) in [4.78, 5) is 25.5. The highest BCUT2D eigenvalue weighted by atomic mass is 35.5. The third kappa shape index (κ3) is 5.52. The number of halogens is 1. The Bertz CT molecular complexity index is 1660. The van der Waals surface area contributed by atoms with Gasteiger partial charge in [0.15, 0.2) is 0 Å². The van der Waals surface area contributed by atoms with Gasteiger partial charge in [-0.2, -0.15) is 0 Å². The molecule has 1 N–H and O–H groups in total. The third-order valence-corrected chi connectivity index (χ3v) is 8.17. The molecule has 0 aliphatic carbocycles. The monoisotopic (exact) mass is 563 g/mol. The lowest BCUT2D eigenvalue weighted by molar-refractivity contribution is 0.0686. The van der Waals surface area contributed by atoms with Crippen LogP contribution in [0.15, 0.2) is 84.7 Å². The molecule has 0 spiro atoms. The van der Waals surface area contributed by atoms with E-state index < -0.39 is 10.0 Å². The standard InChI is InChI=1S/C28H26ClN5O4S/c1-19(22-15-23(29)18-30-17-22)33-11-13-34(14-12-33)28(35)21-8-9-24(25(16-21)38-2)32-39(36,37)26-7-3-5-20-6-4-10-31-27(20)26/h3-10,15-18,32H,1,11-14H2,2H3. The highest BCUT2D eigenvalue weighted by Gasteiger charge is 2.25. The molecule has 1 aliphatic heterocycles. The highest BCUT2D eigenvalue weighted by molar-refractivity contribution is 7.93. The molecular weight excluding hydrogens is 538 g/mol. The molecule has 2 aromatic heterocycles. The first-order valence-electron chi connectivity index (χ1n) is 12.2. The molecule has 0 saturated carbocycles. The van der Waals surface area contributed by atoms with Gasteiger partial charge >= 0.3 is 0 Å². The first-order chi connectivity index (χ1) is 18.8. The van der Waals surface area contributed by atoms with Crippen LogP contribution in [-0.2, 0) is 10.0 Å². The Morgan fingerprint density at radius 1 is 1.00 bits per heavy atom. The van der Waals surface area contributed by atoms with Crippen LogP contribution in [0.5, 0.6) is 5.75 Å². The lowest BCUT2D eigenvalue weighted by Crippen LogP contribution is -2.47. The Hall–Kier alpha value is -4.15. The number of carbonyl (C=O) groups is 1. The van der Waals surface area contributed by atoms with Crippen LogP contribution < -0.4 is 9.46 Å². The van der Waals surface area contributed by atoms with Crippen LogP contribution in [0.25, 0.3) is 16.6 Å². The SMILES string of the molecule is C=C(c1cncc(Cl)c1)N1CCN(C(=O)c2ccc(NS(=O)(=O)c3cccc4cccnc34)c(OC)c2)CC1. The molecule has 1 amide bonds. The summed E-state index contributed by atoms with van der Waals surface area (Å²) < 4.78 is 34.5. The van der Waals surface area contributed by atoms with Gasteiger partial charge in [-0.1, -0.05) is 36.4 Å². The fourth-order valence-corrected chi connectivity index (χ4v) is 5.94.